The molecule has 0 radical (unpaired) electrons. The van der Waals surface area contributed by atoms with Crippen molar-refractivity contribution in [2.75, 3.05) is 6.61 Å². The Labute approximate surface area is 98.0 Å². The Morgan fingerprint density at radius 3 is 2.82 bits per heavy atom. The van der Waals surface area contributed by atoms with Crippen LogP contribution in [0.4, 0.5) is 0 Å². The molecule has 0 fully saturated rings. The molecular formula is C11H12N4O2. The Morgan fingerprint density at radius 2 is 2.18 bits per heavy atom. The molecule has 0 spiro atoms. The SMILES string of the molecule is Cc1cncc(-c2cnn(C)c2C(=O)CO)n1. The summed E-state index contributed by atoms with van der Waals surface area (Å²) in [7, 11) is 1.65. The van der Waals surface area contributed by atoms with Gasteiger partial charge in [0.15, 0.2) is 0 Å². The molecule has 0 aliphatic rings. The van der Waals surface area contributed by atoms with E-state index >= 15 is 0 Å². The van der Waals surface area contributed by atoms with E-state index in [2.05, 4.69) is 15.1 Å². The van der Waals surface area contributed by atoms with Crippen molar-refractivity contribution in [3.05, 3.63) is 30.0 Å². The molecule has 1 N–H and O–H groups in total. The van der Waals surface area contributed by atoms with Crippen molar-refractivity contribution >= 4 is 5.78 Å². The predicted molar refractivity (Wildman–Crippen MR) is 60.4 cm³/mol. The lowest BCUT2D eigenvalue weighted by Gasteiger charge is -2.03. The van der Waals surface area contributed by atoms with Crippen LogP contribution < -0.4 is 0 Å². The average Bonchev–Trinajstić information content (AvgIpc) is 2.70. The number of carbonyl (C=O) groups is 1. The summed E-state index contributed by atoms with van der Waals surface area (Å²) < 4.78 is 1.43. The van der Waals surface area contributed by atoms with Crippen LogP contribution in [0.3, 0.4) is 0 Å². The van der Waals surface area contributed by atoms with Crippen LogP contribution in [0.25, 0.3) is 11.3 Å². The number of aliphatic hydroxyl groups is 1. The molecule has 0 amide bonds. The minimum absolute atomic E-state index is 0.340. The summed E-state index contributed by atoms with van der Waals surface area (Å²) >= 11 is 0. The van der Waals surface area contributed by atoms with Gasteiger partial charge in [0.25, 0.3) is 0 Å². The second-order valence-electron chi connectivity index (χ2n) is 3.66. The second-order valence-corrected chi connectivity index (χ2v) is 3.66. The molecule has 0 atom stereocenters. The van der Waals surface area contributed by atoms with Crippen molar-refractivity contribution in [1.82, 2.24) is 19.7 Å². The predicted octanol–water partition coefficient (Wildman–Crippen LogP) is 0.361. The minimum atomic E-state index is -0.550. The molecule has 0 aromatic carbocycles. The Kier molecular flexibility index (Phi) is 2.97. The number of rotatable bonds is 3. The van der Waals surface area contributed by atoms with Gasteiger partial charge in [-0.15, -0.1) is 0 Å². The highest BCUT2D eigenvalue weighted by Gasteiger charge is 2.18. The number of ketones is 1. The van der Waals surface area contributed by atoms with E-state index in [4.69, 9.17) is 5.11 Å². The summed E-state index contributed by atoms with van der Waals surface area (Å²) in [6, 6.07) is 0. The Morgan fingerprint density at radius 1 is 1.41 bits per heavy atom. The van der Waals surface area contributed by atoms with Gasteiger partial charge in [-0.25, -0.2) is 4.98 Å². The van der Waals surface area contributed by atoms with E-state index < -0.39 is 6.61 Å². The zero-order valence-corrected chi connectivity index (χ0v) is 9.58. The quantitative estimate of drug-likeness (QED) is 0.773. The highest BCUT2D eigenvalue weighted by atomic mass is 16.3. The molecule has 0 unspecified atom stereocenters. The molecule has 2 heterocycles. The number of aliphatic hydroxyl groups excluding tert-OH is 1. The van der Waals surface area contributed by atoms with Crippen molar-refractivity contribution in [3.8, 4) is 11.3 Å². The normalized spacial score (nSPS) is 10.5. The maximum Gasteiger partial charge on any atom is 0.206 e. The zero-order chi connectivity index (χ0) is 12.4. The third kappa shape index (κ3) is 2.07. The van der Waals surface area contributed by atoms with Gasteiger partial charge in [0, 0.05) is 13.2 Å². The molecule has 2 aromatic heterocycles. The van der Waals surface area contributed by atoms with Gasteiger partial charge in [0.2, 0.25) is 5.78 Å². The molecule has 88 valence electrons. The van der Waals surface area contributed by atoms with Crippen molar-refractivity contribution < 1.29 is 9.90 Å². The molecule has 6 nitrogen and oxygen atoms in total. The molecule has 0 saturated heterocycles. The fourth-order valence-corrected chi connectivity index (χ4v) is 1.62. The van der Waals surface area contributed by atoms with Crippen LogP contribution in [0.5, 0.6) is 0 Å². The van der Waals surface area contributed by atoms with Gasteiger partial charge in [-0.3, -0.25) is 14.5 Å². The standard InChI is InChI=1S/C11H12N4O2/c1-7-3-12-5-9(14-7)8-4-13-15(2)11(8)10(17)6-16/h3-5,16H,6H2,1-2H3. The summed E-state index contributed by atoms with van der Waals surface area (Å²) in [5.74, 6) is -0.386. The van der Waals surface area contributed by atoms with E-state index in [0.717, 1.165) is 5.69 Å². The fraction of sp³-hybridized carbons (Fsp3) is 0.273. The smallest absolute Gasteiger partial charge is 0.206 e. The summed E-state index contributed by atoms with van der Waals surface area (Å²) in [4.78, 5) is 19.9. The lowest BCUT2D eigenvalue weighted by molar-refractivity contribution is 0.0895. The molecule has 6 heteroatoms. The molecule has 2 aromatic rings. The number of Topliss-reactive ketones (excluding diaryl/α,β-unsaturated/α-hetero) is 1. The highest BCUT2D eigenvalue weighted by Crippen LogP contribution is 2.21. The van der Waals surface area contributed by atoms with Crippen molar-refractivity contribution in [3.63, 3.8) is 0 Å². The van der Waals surface area contributed by atoms with Gasteiger partial charge >= 0.3 is 0 Å². The number of aryl methyl sites for hydroxylation is 2. The van der Waals surface area contributed by atoms with Crippen LogP contribution in [0.15, 0.2) is 18.6 Å². The Balaban J connectivity index is 2.57. The van der Waals surface area contributed by atoms with Crippen molar-refractivity contribution in [1.29, 1.82) is 0 Å². The van der Waals surface area contributed by atoms with Gasteiger partial charge in [-0.1, -0.05) is 0 Å². The minimum Gasteiger partial charge on any atom is -0.388 e. The van der Waals surface area contributed by atoms with Gasteiger partial charge in [-0.05, 0) is 6.92 Å². The number of carbonyl (C=O) groups excluding carboxylic acids is 1. The number of hydrogen-bond donors (Lipinski definition) is 1. The lowest BCUT2D eigenvalue weighted by Crippen LogP contribution is -2.12. The van der Waals surface area contributed by atoms with E-state index in [9.17, 15) is 4.79 Å². The number of aromatic nitrogens is 4. The molecule has 0 saturated carbocycles. The first kappa shape index (κ1) is 11.4. The summed E-state index contributed by atoms with van der Waals surface area (Å²) in [5, 5.41) is 12.9. The van der Waals surface area contributed by atoms with Crippen LogP contribution >= 0.6 is 0 Å². The summed E-state index contributed by atoms with van der Waals surface area (Å²) in [5.41, 5.74) is 2.26. The Hall–Kier alpha value is -2.08. The van der Waals surface area contributed by atoms with E-state index in [0.29, 0.717) is 17.0 Å². The molecule has 2 rings (SSSR count). The number of hydrogen-bond acceptors (Lipinski definition) is 5. The molecule has 0 bridgehead atoms. The second kappa shape index (κ2) is 4.42. The maximum atomic E-state index is 11.6. The average molecular weight is 232 g/mol. The molecule has 0 aliphatic carbocycles. The van der Waals surface area contributed by atoms with Crippen molar-refractivity contribution in [2.45, 2.75) is 6.92 Å². The third-order valence-electron chi connectivity index (χ3n) is 2.38. The highest BCUT2D eigenvalue weighted by molar-refractivity contribution is 6.00. The molecular weight excluding hydrogens is 220 g/mol. The first-order chi connectivity index (χ1) is 8.13. The van der Waals surface area contributed by atoms with Crippen LogP contribution in [-0.4, -0.2) is 37.2 Å². The maximum absolute atomic E-state index is 11.6. The van der Waals surface area contributed by atoms with Gasteiger partial charge < -0.3 is 5.11 Å². The van der Waals surface area contributed by atoms with Crippen LogP contribution in [0, 0.1) is 6.92 Å². The lowest BCUT2D eigenvalue weighted by atomic mass is 10.1. The topological polar surface area (TPSA) is 80.9 Å². The fourth-order valence-electron chi connectivity index (χ4n) is 1.62. The first-order valence-corrected chi connectivity index (χ1v) is 5.08. The molecule has 17 heavy (non-hydrogen) atoms. The van der Waals surface area contributed by atoms with Crippen LogP contribution in [-0.2, 0) is 7.05 Å². The summed E-state index contributed by atoms with van der Waals surface area (Å²) in [6.07, 6.45) is 4.75. The van der Waals surface area contributed by atoms with Crippen LogP contribution in [0.2, 0.25) is 0 Å². The summed E-state index contributed by atoms with van der Waals surface area (Å²) in [6.45, 7) is 1.27. The van der Waals surface area contributed by atoms with E-state index in [-0.39, 0.29) is 5.78 Å². The Bertz CT molecular complexity index is 562. The monoisotopic (exact) mass is 232 g/mol. The van der Waals surface area contributed by atoms with Gasteiger partial charge in [-0.2, -0.15) is 5.10 Å². The first-order valence-electron chi connectivity index (χ1n) is 5.08. The largest absolute Gasteiger partial charge is 0.388 e. The number of nitrogens with zero attached hydrogens (tertiary/aromatic N) is 4. The van der Waals surface area contributed by atoms with E-state index in [1.165, 1.54) is 4.68 Å². The van der Waals surface area contributed by atoms with E-state index in [1.807, 2.05) is 6.92 Å². The van der Waals surface area contributed by atoms with E-state index in [1.54, 1.807) is 25.6 Å². The van der Waals surface area contributed by atoms with Crippen LogP contribution in [0.1, 0.15) is 16.2 Å². The van der Waals surface area contributed by atoms with Gasteiger partial charge in [0.05, 0.1) is 29.3 Å². The third-order valence-corrected chi connectivity index (χ3v) is 2.38. The van der Waals surface area contributed by atoms with Gasteiger partial charge in [0.1, 0.15) is 12.3 Å². The van der Waals surface area contributed by atoms with Crippen molar-refractivity contribution in [2.24, 2.45) is 7.05 Å². The zero-order valence-electron chi connectivity index (χ0n) is 9.58. The molecule has 0 aliphatic heterocycles.